The molecule has 8 atom stereocenters. The Morgan fingerprint density at radius 3 is 1.32 bits per heavy atom. The molecule has 0 fully saturated rings. The SMILES string of the molecule is CC[C@H](C)C(=O)O[C@H]1C[C@H](O)C=C2C=C[C@H](C)[C@H](CC[C@@H](O)C[C@@H](O)CC(=O)O)[C@H]21.COC1=C(OC)C(=O)C(C/C=C(\C)CC/C=C(\C)CC/C=C(\C)CC/C=C(\C)CC/C=C(\C)CC/C=C(\C)CC/C=C(\C)CC/C=C(\C)CC/C=C(\C)CCC=C(C)C)=C(C)C1=O. The summed E-state index contributed by atoms with van der Waals surface area (Å²) < 4.78 is 16.2. The summed E-state index contributed by atoms with van der Waals surface area (Å²) >= 11 is 0. The van der Waals surface area contributed by atoms with Gasteiger partial charge in [0.2, 0.25) is 23.1 Å². The first-order valence-corrected chi connectivity index (χ1v) is 35.1. The van der Waals surface area contributed by atoms with E-state index in [2.05, 4.69) is 150 Å². The number of aliphatic hydroxyl groups excluding tert-OH is 3. The van der Waals surface area contributed by atoms with Gasteiger partial charge in [0.15, 0.2) is 0 Å². The molecular formula is C82H126O11. The van der Waals surface area contributed by atoms with Crippen LogP contribution in [0.15, 0.2) is 163 Å². The van der Waals surface area contributed by atoms with Gasteiger partial charge in [-0.25, -0.2) is 0 Å². The van der Waals surface area contributed by atoms with E-state index < -0.39 is 30.4 Å². The van der Waals surface area contributed by atoms with Crippen molar-refractivity contribution in [3.63, 3.8) is 0 Å². The number of carbonyl (C=O) groups is 4. The van der Waals surface area contributed by atoms with Crippen LogP contribution in [0.1, 0.15) is 264 Å². The first-order chi connectivity index (χ1) is 44.1. The van der Waals surface area contributed by atoms with E-state index in [0.717, 1.165) is 102 Å². The molecule has 0 spiro atoms. The zero-order chi connectivity index (χ0) is 69.6. The molecule has 0 aromatic rings. The maximum Gasteiger partial charge on any atom is 0.308 e. The number of hydrogen-bond donors (Lipinski definition) is 4. The predicted molar refractivity (Wildman–Crippen MR) is 386 cm³/mol. The van der Waals surface area contributed by atoms with Crippen LogP contribution < -0.4 is 0 Å². The Bertz CT molecular complexity index is 2840. The summed E-state index contributed by atoms with van der Waals surface area (Å²) in [6, 6.07) is 0. The minimum atomic E-state index is -1.10. The van der Waals surface area contributed by atoms with E-state index in [1.54, 1.807) is 6.92 Å². The Labute approximate surface area is 564 Å². The summed E-state index contributed by atoms with van der Waals surface area (Å²) in [6.07, 6.45) is 48.9. The lowest BCUT2D eigenvalue weighted by atomic mass is 9.66. The molecule has 93 heavy (non-hydrogen) atoms. The highest BCUT2D eigenvalue weighted by Crippen LogP contribution is 2.44. The van der Waals surface area contributed by atoms with Crippen molar-refractivity contribution in [3.05, 3.63) is 163 Å². The fourth-order valence-corrected chi connectivity index (χ4v) is 12.1. The van der Waals surface area contributed by atoms with Crippen LogP contribution >= 0.6 is 0 Å². The third-order valence-electron chi connectivity index (χ3n) is 18.5. The van der Waals surface area contributed by atoms with E-state index in [-0.39, 0.29) is 65.6 Å². The zero-order valence-electron chi connectivity index (χ0n) is 60.9. The highest BCUT2D eigenvalue weighted by atomic mass is 16.5. The van der Waals surface area contributed by atoms with Crippen molar-refractivity contribution in [1.29, 1.82) is 0 Å². The quantitative estimate of drug-likeness (QED) is 0.0260. The minimum absolute atomic E-state index is 0.00667. The number of Topliss-reactive ketones (excluding diaryl/α,β-unsaturated/α-hetero) is 2. The Hall–Kier alpha value is -5.88. The molecule has 0 saturated heterocycles. The Kier molecular flexibility index (Phi) is 41.4. The molecule has 0 aromatic heterocycles. The average Bonchev–Trinajstić information content (AvgIpc) is 0.797. The van der Waals surface area contributed by atoms with Crippen molar-refractivity contribution < 1.29 is 53.8 Å². The fourth-order valence-electron chi connectivity index (χ4n) is 12.1. The number of ether oxygens (including phenoxy) is 3. The van der Waals surface area contributed by atoms with Crippen molar-refractivity contribution >= 4 is 23.5 Å². The van der Waals surface area contributed by atoms with Gasteiger partial charge >= 0.3 is 11.9 Å². The van der Waals surface area contributed by atoms with E-state index in [4.69, 9.17) is 19.3 Å². The number of rotatable bonds is 41. The van der Waals surface area contributed by atoms with Crippen molar-refractivity contribution in [2.75, 3.05) is 14.2 Å². The Morgan fingerprint density at radius 2 is 0.957 bits per heavy atom. The van der Waals surface area contributed by atoms with Crippen LogP contribution in [0.5, 0.6) is 0 Å². The zero-order valence-corrected chi connectivity index (χ0v) is 60.9. The summed E-state index contributed by atoms with van der Waals surface area (Å²) in [5.74, 6) is -1.88. The van der Waals surface area contributed by atoms with Gasteiger partial charge in [0.1, 0.15) is 6.10 Å². The molecule has 0 heterocycles. The number of carboxylic acid groups (broad SMARTS) is 1. The van der Waals surface area contributed by atoms with E-state index in [1.807, 2.05) is 26.0 Å². The summed E-state index contributed by atoms with van der Waals surface area (Å²) in [7, 11) is 2.78. The van der Waals surface area contributed by atoms with Gasteiger partial charge in [0.25, 0.3) is 0 Å². The number of ketones is 2. The second-order valence-corrected chi connectivity index (χ2v) is 27.5. The number of aliphatic hydroxyl groups is 3. The molecule has 0 aliphatic heterocycles. The van der Waals surface area contributed by atoms with Crippen LogP contribution in [0, 0.1) is 23.7 Å². The van der Waals surface area contributed by atoms with E-state index >= 15 is 0 Å². The second-order valence-electron chi connectivity index (χ2n) is 27.5. The van der Waals surface area contributed by atoms with E-state index in [0.29, 0.717) is 43.3 Å². The van der Waals surface area contributed by atoms with Gasteiger partial charge in [0.05, 0.1) is 44.9 Å². The van der Waals surface area contributed by atoms with Crippen LogP contribution in [-0.4, -0.2) is 82.6 Å². The largest absolute Gasteiger partial charge is 0.489 e. The molecule has 0 bridgehead atoms. The molecule has 520 valence electrons. The topological polar surface area (TPSA) is 177 Å². The lowest BCUT2D eigenvalue weighted by Crippen LogP contribution is -2.43. The molecule has 3 aliphatic rings. The highest BCUT2D eigenvalue weighted by molar-refractivity contribution is 6.23. The van der Waals surface area contributed by atoms with Gasteiger partial charge in [-0.3, -0.25) is 19.2 Å². The molecule has 0 amide bonds. The summed E-state index contributed by atoms with van der Waals surface area (Å²) in [6.45, 7) is 32.2. The number of carbonyl (C=O) groups excluding carboxylic acids is 3. The number of hydrogen-bond acceptors (Lipinski definition) is 10. The van der Waals surface area contributed by atoms with Crippen molar-refractivity contribution in [3.8, 4) is 0 Å². The van der Waals surface area contributed by atoms with Crippen LogP contribution in [0.3, 0.4) is 0 Å². The predicted octanol–water partition coefficient (Wildman–Crippen LogP) is 20.3. The van der Waals surface area contributed by atoms with Crippen molar-refractivity contribution in [1.82, 2.24) is 0 Å². The van der Waals surface area contributed by atoms with Crippen LogP contribution in [0.25, 0.3) is 0 Å². The summed E-state index contributed by atoms with van der Waals surface area (Å²) in [5, 5.41) is 39.1. The Balaban J connectivity index is 0.000000812. The standard InChI is InChI=1S/C59H90O4.C23H36O7/c1-44(2)24-15-25-45(3)26-16-27-46(4)28-17-29-47(5)30-18-31-48(6)32-19-33-49(7)34-20-35-50(8)36-21-37-51(9)38-22-39-52(10)40-23-41-53(11)42-43-55-54(12)56(60)58(62-13)59(63-14)57(55)61;1-4-13(2)23(29)30-20-11-17(25)9-15-6-5-14(3)19(22(15)20)8-7-16(24)10-18(26)12-21(27)28/h24,26,28,30,32,34,36,38,40,42H,15-23,25,27,29,31,33,35,37,39,41,43H2,1-14H3;5-6,9,13-14,16-20,22,24-26H,4,7-8,10-12H2,1-3H3,(H,27,28)/b45-26+,46-28+,47-30+,48-32+,49-34+,50-36+,51-38+,52-40+,53-42+;/t;13-,14-,16+,17+,18+,19-,20-,22-/m.0/s1. The lowest BCUT2D eigenvalue weighted by molar-refractivity contribution is -0.159. The molecule has 0 aromatic carbocycles. The first kappa shape index (κ1) is 83.2. The van der Waals surface area contributed by atoms with E-state index in [1.165, 1.54) is 89.2 Å². The smallest absolute Gasteiger partial charge is 0.308 e. The molecule has 4 N–H and O–H groups in total. The minimum Gasteiger partial charge on any atom is -0.489 e. The number of fused-ring (bicyclic) bond motifs is 1. The monoisotopic (exact) mass is 1290 g/mol. The number of methoxy groups -OCH3 is 2. The normalized spacial score (nSPS) is 20.8. The van der Waals surface area contributed by atoms with Gasteiger partial charge in [0, 0.05) is 23.5 Å². The molecule has 0 unspecified atom stereocenters. The van der Waals surface area contributed by atoms with Gasteiger partial charge in [-0.1, -0.05) is 155 Å². The number of carboxylic acids is 1. The van der Waals surface area contributed by atoms with Gasteiger partial charge in [-0.15, -0.1) is 0 Å². The molecule has 0 radical (unpaired) electrons. The molecule has 0 saturated carbocycles. The number of aliphatic carboxylic acids is 1. The van der Waals surface area contributed by atoms with Gasteiger partial charge in [-0.2, -0.15) is 0 Å². The fraction of sp³-hybridized carbons (Fsp3) is 0.610. The number of esters is 1. The summed E-state index contributed by atoms with van der Waals surface area (Å²) in [4.78, 5) is 48.7. The van der Waals surface area contributed by atoms with Gasteiger partial charge in [-0.05, 0) is 248 Å². The van der Waals surface area contributed by atoms with Crippen LogP contribution in [-0.2, 0) is 33.4 Å². The van der Waals surface area contributed by atoms with Gasteiger partial charge < -0.3 is 34.6 Å². The van der Waals surface area contributed by atoms with Crippen LogP contribution in [0.4, 0.5) is 0 Å². The first-order valence-electron chi connectivity index (χ1n) is 35.1. The molecule has 3 aliphatic carbocycles. The van der Waals surface area contributed by atoms with E-state index in [9.17, 15) is 34.5 Å². The number of allylic oxidation sites excluding steroid dienone is 24. The average molecular weight is 1290 g/mol. The second kappa shape index (κ2) is 46.3. The Morgan fingerprint density at radius 1 is 0.581 bits per heavy atom. The molecule has 3 rings (SSSR count). The summed E-state index contributed by atoms with van der Waals surface area (Å²) in [5.41, 5.74) is 16.4. The molecule has 11 heteroatoms. The third-order valence-corrected chi connectivity index (χ3v) is 18.5. The maximum absolute atomic E-state index is 12.9. The van der Waals surface area contributed by atoms with Crippen LogP contribution in [0.2, 0.25) is 0 Å². The van der Waals surface area contributed by atoms with Crippen molar-refractivity contribution in [2.45, 2.75) is 289 Å². The molecule has 11 nitrogen and oxygen atoms in total. The highest BCUT2D eigenvalue weighted by Gasteiger charge is 2.42. The maximum atomic E-state index is 12.9. The lowest BCUT2D eigenvalue weighted by Gasteiger charge is -2.43. The molecular weight excluding hydrogens is 1160 g/mol. The van der Waals surface area contributed by atoms with Crippen molar-refractivity contribution in [2.24, 2.45) is 23.7 Å². The third kappa shape index (κ3) is 34.4.